The summed E-state index contributed by atoms with van der Waals surface area (Å²) in [6, 6.07) is 18.1. The van der Waals surface area contributed by atoms with E-state index in [1.54, 1.807) is 31.4 Å². The molecule has 0 spiro atoms. The molecule has 0 saturated heterocycles. The van der Waals surface area contributed by atoms with Gasteiger partial charge in [0.2, 0.25) is 0 Å². The Morgan fingerprint density at radius 2 is 1.77 bits per heavy atom. The lowest BCUT2D eigenvalue weighted by Gasteiger charge is -2.11. The smallest absolute Gasteiger partial charge is 0.194 e. The molecule has 0 unspecified atom stereocenters. The molecular formula is C21H19ClN2O2. The lowest BCUT2D eigenvalue weighted by atomic mass is 9.98. The largest absolute Gasteiger partial charge is 0.497 e. The number of anilines is 3. The average Bonchev–Trinajstić information content (AvgIpc) is 2.63. The molecule has 3 aromatic rings. The van der Waals surface area contributed by atoms with Crippen LogP contribution in [0.5, 0.6) is 5.75 Å². The number of hydrogen-bond donors (Lipinski definition) is 2. The van der Waals surface area contributed by atoms with Crippen LogP contribution in [-0.4, -0.2) is 12.9 Å². The molecule has 4 nitrogen and oxygen atoms in total. The van der Waals surface area contributed by atoms with E-state index in [4.69, 9.17) is 22.1 Å². The van der Waals surface area contributed by atoms with Gasteiger partial charge in [0, 0.05) is 34.3 Å². The predicted molar refractivity (Wildman–Crippen MR) is 107 cm³/mol. The second kappa shape index (κ2) is 7.50. The van der Waals surface area contributed by atoms with E-state index in [1.807, 2.05) is 43.3 Å². The van der Waals surface area contributed by atoms with Crippen molar-refractivity contribution in [3.8, 4) is 5.75 Å². The number of nitrogens with two attached hydrogens (primary N) is 1. The van der Waals surface area contributed by atoms with Crippen LogP contribution in [0.3, 0.4) is 0 Å². The van der Waals surface area contributed by atoms with Gasteiger partial charge in [-0.1, -0.05) is 23.7 Å². The first-order chi connectivity index (χ1) is 12.5. The number of nitrogen functional groups attached to an aromatic ring is 1. The number of ketones is 1. The first-order valence-corrected chi connectivity index (χ1v) is 8.47. The number of carbonyl (C=O) groups is 1. The molecule has 132 valence electrons. The van der Waals surface area contributed by atoms with Crippen molar-refractivity contribution in [2.45, 2.75) is 6.92 Å². The Bertz CT molecular complexity index is 970. The Balaban J connectivity index is 1.87. The summed E-state index contributed by atoms with van der Waals surface area (Å²) in [6.07, 6.45) is 0. The number of nitrogens with one attached hydrogen (secondary N) is 1. The number of rotatable bonds is 5. The van der Waals surface area contributed by atoms with Crippen LogP contribution in [0.1, 0.15) is 21.5 Å². The topological polar surface area (TPSA) is 64.3 Å². The van der Waals surface area contributed by atoms with E-state index < -0.39 is 0 Å². The van der Waals surface area contributed by atoms with Crippen LogP contribution in [0.4, 0.5) is 17.1 Å². The number of halogens is 1. The van der Waals surface area contributed by atoms with Crippen LogP contribution in [-0.2, 0) is 0 Å². The van der Waals surface area contributed by atoms with Crippen molar-refractivity contribution in [1.29, 1.82) is 0 Å². The van der Waals surface area contributed by atoms with E-state index in [1.165, 1.54) is 0 Å². The quantitative estimate of drug-likeness (QED) is 0.480. The SMILES string of the molecule is COc1cccc(Nc2ccc(C(=O)c3cc(N)ccc3C)c(Cl)c2)c1. The normalized spacial score (nSPS) is 10.4. The van der Waals surface area contributed by atoms with E-state index in [0.29, 0.717) is 21.8 Å². The van der Waals surface area contributed by atoms with Crippen LogP contribution in [0.25, 0.3) is 0 Å². The van der Waals surface area contributed by atoms with E-state index in [-0.39, 0.29) is 5.78 Å². The molecule has 0 heterocycles. The molecule has 26 heavy (non-hydrogen) atoms. The van der Waals surface area contributed by atoms with Crippen LogP contribution in [0.15, 0.2) is 60.7 Å². The zero-order valence-electron chi connectivity index (χ0n) is 14.5. The molecule has 0 aromatic heterocycles. The molecule has 3 aromatic carbocycles. The third-order valence-corrected chi connectivity index (χ3v) is 4.39. The molecule has 0 aliphatic rings. The lowest BCUT2D eigenvalue weighted by Crippen LogP contribution is -2.06. The molecular weight excluding hydrogens is 348 g/mol. The number of aryl methyl sites for hydroxylation is 1. The van der Waals surface area contributed by atoms with Gasteiger partial charge in [-0.05, 0) is 55.0 Å². The summed E-state index contributed by atoms with van der Waals surface area (Å²) < 4.78 is 5.22. The lowest BCUT2D eigenvalue weighted by molar-refractivity contribution is 0.103. The number of ether oxygens (including phenoxy) is 1. The number of carbonyl (C=O) groups excluding carboxylic acids is 1. The fourth-order valence-electron chi connectivity index (χ4n) is 2.67. The summed E-state index contributed by atoms with van der Waals surface area (Å²) in [7, 11) is 1.62. The first-order valence-electron chi connectivity index (χ1n) is 8.09. The van der Waals surface area contributed by atoms with Crippen molar-refractivity contribution >= 4 is 34.4 Å². The van der Waals surface area contributed by atoms with Crippen molar-refractivity contribution in [2.24, 2.45) is 0 Å². The number of benzene rings is 3. The van der Waals surface area contributed by atoms with Gasteiger partial charge in [0.05, 0.1) is 12.1 Å². The third-order valence-electron chi connectivity index (χ3n) is 4.08. The second-order valence-corrected chi connectivity index (χ2v) is 6.36. The van der Waals surface area contributed by atoms with Crippen molar-refractivity contribution in [3.05, 3.63) is 82.4 Å². The molecule has 5 heteroatoms. The van der Waals surface area contributed by atoms with E-state index in [0.717, 1.165) is 22.7 Å². The summed E-state index contributed by atoms with van der Waals surface area (Å²) in [5.74, 6) is 0.609. The number of methoxy groups -OCH3 is 1. The minimum atomic E-state index is -0.146. The maximum atomic E-state index is 12.8. The summed E-state index contributed by atoms with van der Waals surface area (Å²) >= 11 is 6.37. The predicted octanol–water partition coefficient (Wildman–Crippen LogP) is 5.21. The third kappa shape index (κ3) is 3.81. The first kappa shape index (κ1) is 17.8. The Kier molecular flexibility index (Phi) is 5.14. The zero-order valence-corrected chi connectivity index (χ0v) is 15.3. The summed E-state index contributed by atoms with van der Waals surface area (Å²) in [6.45, 7) is 1.87. The number of hydrogen-bond acceptors (Lipinski definition) is 4. The Morgan fingerprint density at radius 1 is 1.00 bits per heavy atom. The maximum Gasteiger partial charge on any atom is 0.194 e. The van der Waals surface area contributed by atoms with Gasteiger partial charge in [0.25, 0.3) is 0 Å². The van der Waals surface area contributed by atoms with Crippen molar-refractivity contribution < 1.29 is 9.53 Å². The van der Waals surface area contributed by atoms with Crippen molar-refractivity contribution in [1.82, 2.24) is 0 Å². The van der Waals surface area contributed by atoms with Crippen molar-refractivity contribution in [3.63, 3.8) is 0 Å². The summed E-state index contributed by atoms with van der Waals surface area (Å²) in [5, 5.41) is 3.63. The highest BCUT2D eigenvalue weighted by Crippen LogP contribution is 2.28. The highest BCUT2D eigenvalue weighted by molar-refractivity contribution is 6.35. The van der Waals surface area contributed by atoms with Crippen LogP contribution in [0, 0.1) is 6.92 Å². The van der Waals surface area contributed by atoms with Gasteiger partial charge < -0.3 is 15.8 Å². The average molecular weight is 367 g/mol. The Morgan fingerprint density at radius 3 is 2.50 bits per heavy atom. The summed E-state index contributed by atoms with van der Waals surface area (Å²) in [5.41, 5.74) is 9.86. The van der Waals surface area contributed by atoms with Crippen LogP contribution in [0.2, 0.25) is 5.02 Å². The zero-order chi connectivity index (χ0) is 18.7. The van der Waals surface area contributed by atoms with E-state index >= 15 is 0 Å². The molecule has 0 fully saturated rings. The van der Waals surface area contributed by atoms with Gasteiger partial charge in [0.1, 0.15) is 5.75 Å². The van der Waals surface area contributed by atoms with E-state index in [2.05, 4.69) is 5.32 Å². The summed E-state index contributed by atoms with van der Waals surface area (Å²) in [4.78, 5) is 12.8. The van der Waals surface area contributed by atoms with E-state index in [9.17, 15) is 4.79 Å². The van der Waals surface area contributed by atoms with Gasteiger partial charge in [-0.25, -0.2) is 0 Å². The fraction of sp³-hybridized carbons (Fsp3) is 0.0952. The molecule has 0 aliphatic heterocycles. The fourth-order valence-corrected chi connectivity index (χ4v) is 2.94. The second-order valence-electron chi connectivity index (χ2n) is 5.96. The monoisotopic (exact) mass is 366 g/mol. The van der Waals surface area contributed by atoms with Gasteiger partial charge in [0.15, 0.2) is 5.78 Å². The van der Waals surface area contributed by atoms with Gasteiger partial charge in [-0.3, -0.25) is 4.79 Å². The van der Waals surface area contributed by atoms with Crippen LogP contribution >= 0.6 is 11.6 Å². The highest BCUT2D eigenvalue weighted by atomic mass is 35.5. The minimum Gasteiger partial charge on any atom is -0.497 e. The Labute approximate surface area is 157 Å². The molecule has 3 N–H and O–H groups in total. The van der Waals surface area contributed by atoms with Crippen molar-refractivity contribution in [2.75, 3.05) is 18.2 Å². The minimum absolute atomic E-state index is 0.146. The molecule has 3 rings (SSSR count). The Hall–Kier alpha value is -2.98. The van der Waals surface area contributed by atoms with Gasteiger partial charge in [-0.15, -0.1) is 0 Å². The maximum absolute atomic E-state index is 12.8. The van der Waals surface area contributed by atoms with Gasteiger partial charge in [-0.2, -0.15) is 0 Å². The van der Waals surface area contributed by atoms with Gasteiger partial charge >= 0.3 is 0 Å². The molecule has 0 atom stereocenters. The van der Waals surface area contributed by atoms with Crippen LogP contribution < -0.4 is 15.8 Å². The standard InChI is InChI=1S/C21H19ClN2O2/c1-13-6-7-14(23)10-19(13)21(25)18-9-8-16(12-20(18)22)24-15-4-3-5-17(11-15)26-2/h3-12,24H,23H2,1-2H3. The molecule has 0 bridgehead atoms. The highest BCUT2D eigenvalue weighted by Gasteiger charge is 2.16. The molecule has 0 aliphatic carbocycles. The molecule has 0 amide bonds. The molecule has 0 radical (unpaired) electrons. The molecule has 0 saturated carbocycles.